The molecular weight excluding hydrogens is 317 g/mol. The normalized spacial score (nSPS) is 9.18. The van der Waals surface area contributed by atoms with Gasteiger partial charge in [-0.3, -0.25) is 0 Å². The molecule has 0 N–H and O–H groups in total. The quantitative estimate of drug-likeness (QED) is 0.576. The summed E-state index contributed by atoms with van der Waals surface area (Å²) in [5.74, 6) is 0. The minimum Gasteiger partial charge on any atom is -0.192 e. The van der Waals surface area contributed by atoms with Gasteiger partial charge in [0.25, 0.3) is 0 Å². The van der Waals surface area contributed by atoms with E-state index in [4.69, 9.17) is 5.26 Å². The van der Waals surface area contributed by atoms with Crippen molar-refractivity contribution >= 4 is 38.5 Å². The Bertz CT molecular complexity index is 303. The van der Waals surface area contributed by atoms with Gasteiger partial charge in [0, 0.05) is 8.90 Å². The Labute approximate surface area is 87.7 Å². The molecule has 0 heterocycles. The zero-order valence-electron chi connectivity index (χ0n) is 5.64. The van der Waals surface area contributed by atoms with E-state index in [-0.39, 0.29) is 0 Å². The fraction of sp³-hybridized carbons (Fsp3) is 0.125. The molecule has 0 saturated heterocycles. The molecule has 0 spiro atoms. The fourth-order valence-electron chi connectivity index (χ4n) is 0.732. The molecule has 1 nitrogen and oxygen atoms in total. The highest BCUT2D eigenvalue weighted by atomic mass is 127. The maximum absolute atomic E-state index is 8.62. The molecule has 0 bridgehead atoms. The number of hydrogen-bond acceptors (Lipinski definition) is 1. The Balaban J connectivity index is 3.12. The maximum atomic E-state index is 8.62. The van der Waals surface area contributed by atoms with Crippen LogP contribution in [0.15, 0.2) is 18.2 Å². The molecule has 1 rings (SSSR count). The minimum absolute atomic E-state index is 0.746. The highest BCUT2D eigenvalue weighted by Crippen LogP contribution is 2.15. The summed E-state index contributed by atoms with van der Waals surface area (Å²) in [7, 11) is 0. The standard InChI is InChI=1S/C8H5BrIN/c9-4-6-1-2-7(5-11)8(10)3-6/h1-3H,4H2. The van der Waals surface area contributed by atoms with Crippen molar-refractivity contribution in [3.63, 3.8) is 0 Å². The van der Waals surface area contributed by atoms with Crippen LogP contribution >= 0.6 is 38.5 Å². The fourth-order valence-corrected chi connectivity index (χ4v) is 1.78. The Morgan fingerprint density at radius 3 is 2.73 bits per heavy atom. The smallest absolute Gasteiger partial charge is 0.100 e. The Hall–Kier alpha value is -0.0800. The Morgan fingerprint density at radius 1 is 1.55 bits per heavy atom. The summed E-state index contributed by atoms with van der Waals surface area (Å²) in [6, 6.07) is 7.93. The molecule has 0 amide bonds. The lowest BCUT2D eigenvalue weighted by Gasteiger charge is -1.97. The van der Waals surface area contributed by atoms with E-state index in [1.165, 1.54) is 5.56 Å². The van der Waals surface area contributed by atoms with Crippen molar-refractivity contribution in [1.82, 2.24) is 0 Å². The summed E-state index contributed by atoms with van der Waals surface area (Å²) in [5, 5.41) is 9.46. The molecule has 0 saturated carbocycles. The second-order valence-electron chi connectivity index (χ2n) is 2.06. The summed E-state index contributed by atoms with van der Waals surface area (Å²) in [6.45, 7) is 0. The van der Waals surface area contributed by atoms with Gasteiger partial charge in [0.15, 0.2) is 0 Å². The van der Waals surface area contributed by atoms with Crippen LogP contribution in [0.3, 0.4) is 0 Å². The highest BCUT2D eigenvalue weighted by Gasteiger charge is 1.98. The topological polar surface area (TPSA) is 23.8 Å². The van der Waals surface area contributed by atoms with Crippen LogP contribution in [0.25, 0.3) is 0 Å². The minimum atomic E-state index is 0.746. The van der Waals surface area contributed by atoms with Crippen molar-refractivity contribution in [2.75, 3.05) is 0 Å². The van der Waals surface area contributed by atoms with Gasteiger partial charge in [0.1, 0.15) is 6.07 Å². The summed E-state index contributed by atoms with van der Waals surface area (Å²) in [5.41, 5.74) is 1.95. The Morgan fingerprint density at radius 2 is 2.27 bits per heavy atom. The summed E-state index contributed by atoms with van der Waals surface area (Å²) in [6.07, 6.45) is 0. The van der Waals surface area contributed by atoms with E-state index in [1.807, 2.05) is 18.2 Å². The average Bonchev–Trinajstić information content (AvgIpc) is 2.04. The van der Waals surface area contributed by atoms with Crippen LogP contribution in [0, 0.1) is 14.9 Å². The van der Waals surface area contributed by atoms with E-state index in [9.17, 15) is 0 Å². The summed E-state index contributed by atoms with van der Waals surface area (Å²) >= 11 is 5.52. The third kappa shape index (κ3) is 2.17. The van der Waals surface area contributed by atoms with Crippen LogP contribution in [0.2, 0.25) is 0 Å². The average molecular weight is 322 g/mol. The van der Waals surface area contributed by atoms with Gasteiger partial charge in [-0.05, 0) is 40.3 Å². The van der Waals surface area contributed by atoms with E-state index in [1.54, 1.807) is 0 Å². The molecule has 0 aromatic heterocycles. The predicted octanol–water partition coefficient (Wildman–Crippen LogP) is 3.06. The van der Waals surface area contributed by atoms with E-state index in [0.717, 1.165) is 14.5 Å². The maximum Gasteiger partial charge on any atom is 0.100 e. The molecule has 11 heavy (non-hydrogen) atoms. The first-order chi connectivity index (χ1) is 5.27. The number of rotatable bonds is 1. The second-order valence-corrected chi connectivity index (χ2v) is 3.78. The van der Waals surface area contributed by atoms with Gasteiger partial charge >= 0.3 is 0 Å². The SMILES string of the molecule is N#Cc1ccc(CBr)cc1I. The molecule has 0 aliphatic rings. The largest absolute Gasteiger partial charge is 0.192 e. The first-order valence-electron chi connectivity index (χ1n) is 3.02. The van der Waals surface area contributed by atoms with Crippen molar-refractivity contribution in [2.45, 2.75) is 5.33 Å². The number of hydrogen-bond donors (Lipinski definition) is 0. The monoisotopic (exact) mass is 321 g/mol. The Kier molecular flexibility index (Phi) is 3.34. The third-order valence-corrected chi connectivity index (χ3v) is 2.85. The van der Waals surface area contributed by atoms with Crippen LogP contribution in [0.4, 0.5) is 0 Å². The molecule has 56 valence electrons. The molecule has 1 aromatic carbocycles. The highest BCUT2D eigenvalue weighted by molar-refractivity contribution is 14.1. The van der Waals surface area contributed by atoms with Crippen molar-refractivity contribution in [2.24, 2.45) is 0 Å². The molecule has 0 radical (unpaired) electrons. The van der Waals surface area contributed by atoms with E-state index >= 15 is 0 Å². The van der Waals surface area contributed by atoms with Gasteiger partial charge in [0.05, 0.1) is 5.56 Å². The second kappa shape index (κ2) is 4.07. The third-order valence-electron chi connectivity index (χ3n) is 1.31. The number of halogens is 2. The van der Waals surface area contributed by atoms with Crippen LogP contribution < -0.4 is 0 Å². The molecule has 1 aromatic rings. The number of benzene rings is 1. The van der Waals surface area contributed by atoms with Crippen molar-refractivity contribution < 1.29 is 0 Å². The lowest BCUT2D eigenvalue weighted by atomic mass is 10.2. The summed E-state index contributed by atoms with van der Waals surface area (Å²) < 4.78 is 1.02. The van der Waals surface area contributed by atoms with E-state index in [2.05, 4.69) is 44.6 Å². The number of nitrogens with zero attached hydrogens (tertiary/aromatic N) is 1. The molecule has 0 aliphatic heterocycles. The van der Waals surface area contributed by atoms with Crippen LogP contribution in [-0.4, -0.2) is 0 Å². The van der Waals surface area contributed by atoms with Gasteiger partial charge in [0.2, 0.25) is 0 Å². The first kappa shape index (κ1) is 9.01. The van der Waals surface area contributed by atoms with Crippen LogP contribution in [-0.2, 0) is 5.33 Å². The molecule has 0 unspecified atom stereocenters. The zero-order chi connectivity index (χ0) is 8.27. The first-order valence-corrected chi connectivity index (χ1v) is 5.22. The van der Waals surface area contributed by atoms with Gasteiger partial charge in [-0.1, -0.05) is 22.0 Å². The van der Waals surface area contributed by atoms with E-state index in [0.29, 0.717) is 0 Å². The predicted molar refractivity (Wildman–Crippen MR) is 56.5 cm³/mol. The van der Waals surface area contributed by atoms with Crippen molar-refractivity contribution in [3.05, 3.63) is 32.9 Å². The van der Waals surface area contributed by atoms with Gasteiger partial charge in [-0.15, -0.1) is 0 Å². The number of alkyl halides is 1. The summed E-state index contributed by atoms with van der Waals surface area (Å²) in [4.78, 5) is 0. The van der Waals surface area contributed by atoms with Crippen molar-refractivity contribution in [1.29, 1.82) is 5.26 Å². The molecule has 0 atom stereocenters. The molecule has 3 heteroatoms. The molecular formula is C8H5BrIN. The van der Waals surface area contributed by atoms with Gasteiger partial charge in [-0.2, -0.15) is 5.26 Å². The van der Waals surface area contributed by atoms with Gasteiger partial charge in [-0.25, -0.2) is 0 Å². The van der Waals surface area contributed by atoms with Gasteiger partial charge < -0.3 is 0 Å². The van der Waals surface area contributed by atoms with Crippen LogP contribution in [0.5, 0.6) is 0 Å². The lowest BCUT2D eigenvalue weighted by Crippen LogP contribution is -1.84. The van der Waals surface area contributed by atoms with E-state index < -0.39 is 0 Å². The van der Waals surface area contributed by atoms with Crippen molar-refractivity contribution in [3.8, 4) is 6.07 Å². The zero-order valence-corrected chi connectivity index (χ0v) is 9.39. The van der Waals surface area contributed by atoms with Crippen LogP contribution in [0.1, 0.15) is 11.1 Å². The number of nitriles is 1. The lowest BCUT2D eigenvalue weighted by molar-refractivity contribution is 1.38. The molecule has 0 aliphatic carbocycles. The molecule has 0 fully saturated rings.